The number of aromatic nitrogens is 1. The predicted molar refractivity (Wildman–Crippen MR) is 74.4 cm³/mol. The second kappa shape index (κ2) is 4.54. The first-order valence-corrected chi connectivity index (χ1v) is 6.55. The summed E-state index contributed by atoms with van der Waals surface area (Å²) in [6.07, 6.45) is 1.01. The largest absolute Gasteiger partial charge is 0.307 e. The Bertz CT molecular complexity index is 548. The maximum atomic E-state index is 4.84. The van der Waals surface area contributed by atoms with Crippen LogP contribution in [0.5, 0.6) is 0 Å². The summed E-state index contributed by atoms with van der Waals surface area (Å²) in [5.74, 6) is 0. The normalized spacial score (nSPS) is 22.6. The number of fused-ring (bicyclic) bond motifs is 1. The molecule has 2 aromatic rings. The Kier molecular flexibility index (Phi) is 2.88. The van der Waals surface area contributed by atoms with Crippen molar-refractivity contribution in [1.82, 2.24) is 10.3 Å². The molecule has 1 N–H and O–H groups in total. The molecular formula is C16H18N2. The molecule has 18 heavy (non-hydrogen) atoms. The first kappa shape index (κ1) is 11.4. The van der Waals surface area contributed by atoms with Gasteiger partial charge in [0.25, 0.3) is 0 Å². The van der Waals surface area contributed by atoms with Crippen LogP contribution in [0.4, 0.5) is 0 Å². The summed E-state index contributed by atoms with van der Waals surface area (Å²) < 4.78 is 0. The molecule has 0 radical (unpaired) electrons. The van der Waals surface area contributed by atoms with Crippen LogP contribution in [0.2, 0.25) is 0 Å². The number of hydrogen-bond donors (Lipinski definition) is 1. The van der Waals surface area contributed by atoms with Gasteiger partial charge in [-0.05, 0) is 25.5 Å². The van der Waals surface area contributed by atoms with E-state index < -0.39 is 0 Å². The zero-order valence-electron chi connectivity index (χ0n) is 10.9. The van der Waals surface area contributed by atoms with E-state index in [2.05, 4.69) is 55.6 Å². The van der Waals surface area contributed by atoms with E-state index in [1.165, 1.54) is 16.8 Å². The predicted octanol–water partition coefficient (Wildman–Crippen LogP) is 3.34. The molecule has 3 rings (SSSR count). The van der Waals surface area contributed by atoms with Gasteiger partial charge < -0.3 is 5.32 Å². The van der Waals surface area contributed by atoms with Gasteiger partial charge in [-0.25, -0.2) is 0 Å². The van der Waals surface area contributed by atoms with Gasteiger partial charge in [0.15, 0.2) is 0 Å². The Hall–Kier alpha value is -1.67. The lowest BCUT2D eigenvalue weighted by molar-refractivity contribution is 0.439. The van der Waals surface area contributed by atoms with Gasteiger partial charge in [-0.2, -0.15) is 0 Å². The number of nitrogens with zero attached hydrogens (tertiary/aromatic N) is 1. The molecule has 92 valence electrons. The van der Waals surface area contributed by atoms with Gasteiger partial charge in [-0.1, -0.05) is 36.4 Å². The number of hydrogen-bond acceptors (Lipinski definition) is 2. The summed E-state index contributed by atoms with van der Waals surface area (Å²) >= 11 is 0. The lowest BCUT2D eigenvalue weighted by Gasteiger charge is -2.28. The number of nitrogens with one attached hydrogen (secondary N) is 1. The Morgan fingerprint density at radius 3 is 2.61 bits per heavy atom. The molecule has 0 saturated heterocycles. The molecule has 0 amide bonds. The van der Waals surface area contributed by atoms with E-state index in [4.69, 9.17) is 4.98 Å². The van der Waals surface area contributed by atoms with Crippen LogP contribution in [0.25, 0.3) is 11.3 Å². The minimum Gasteiger partial charge on any atom is -0.307 e. The van der Waals surface area contributed by atoms with E-state index in [0.29, 0.717) is 12.1 Å². The van der Waals surface area contributed by atoms with Crippen LogP contribution in [0.1, 0.15) is 31.1 Å². The summed E-state index contributed by atoms with van der Waals surface area (Å²) in [6.45, 7) is 4.43. The fourth-order valence-corrected chi connectivity index (χ4v) is 2.71. The quantitative estimate of drug-likeness (QED) is 0.824. The van der Waals surface area contributed by atoms with Gasteiger partial charge in [0.05, 0.1) is 5.69 Å². The molecule has 0 fully saturated rings. The molecule has 0 spiro atoms. The minimum atomic E-state index is 0.404. The van der Waals surface area contributed by atoms with Crippen LogP contribution >= 0.6 is 0 Å². The standard InChI is InChI=1S/C16H18N2/c1-11-10-16-14(12(2)17-11)8-9-15(18-16)13-6-4-3-5-7-13/h3-9,11-12,17H,10H2,1-2H3. The van der Waals surface area contributed by atoms with Crippen LogP contribution in [0.3, 0.4) is 0 Å². The Morgan fingerprint density at radius 2 is 1.83 bits per heavy atom. The lowest BCUT2D eigenvalue weighted by Crippen LogP contribution is -2.36. The molecule has 1 aliphatic rings. The summed E-state index contributed by atoms with van der Waals surface area (Å²) in [5, 5.41) is 3.55. The molecule has 2 atom stereocenters. The number of rotatable bonds is 1. The third-order valence-corrected chi connectivity index (χ3v) is 3.58. The molecule has 2 heteroatoms. The van der Waals surface area contributed by atoms with Gasteiger partial charge in [0.2, 0.25) is 0 Å². The highest BCUT2D eigenvalue weighted by Gasteiger charge is 2.21. The Balaban J connectivity index is 2.03. The number of pyridine rings is 1. The first-order valence-electron chi connectivity index (χ1n) is 6.55. The van der Waals surface area contributed by atoms with Crippen molar-refractivity contribution in [3.8, 4) is 11.3 Å². The maximum absolute atomic E-state index is 4.84. The molecular weight excluding hydrogens is 220 g/mol. The van der Waals surface area contributed by atoms with Crippen LogP contribution < -0.4 is 5.32 Å². The lowest BCUT2D eigenvalue weighted by atomic mass is 9.95. The van der Waals surface area contributed by atoms with E-state index in [-0.39, 0.29) is 0 Å². The summed E-state index contributed by atoms with van der Waals surface area (Å²) in [5.41, 5.74) is 4.86. The highest BCUT2D eigenvalue weighted by Crippen LogP contribution is 2.26. The van der Waals surface area contributed by atoms with Crippen molar-refractivity contribution in [2.24, 2.45) is 0 Å². The van der Waals surface area contributed by atoms with E-state index in [9.17, 15) is 0 Å². The highest BCUT2D eigenvalue weighted by atomic mass is 15.0. The van der Waals surface area contributed by atoms with E-state index in [1.807, 2.05) is 6.07 Å². The van der Waals surface area contributed by atoms with E-state index in [0.717, 1.165) is 12.1 Å². The molecule has 1 aliphatic heterocycles. The molecule has 0 saturated carbocycles. The Morgan fingerprint density at radius 1 is 1.06 bits per heavy atom. The van der Waals surface area contributed by atoms with Crippen molar-refractivity contribution in [1.29, 1.82) is 0 Å². The van der Waals surface area contributed by atoms with Gasteiger partial charge in [-0.3, -0.25) is 4.98 Å². The molecule has 1 aromatic carbocycles. The van der Waals surface area contributed by atoms with Crippen molar-refractivity contribution < 1.29 is 0 Å². The SMILES string of the molecule is CC1Cc2nc(-c3ccccc3)ccc2C(C)N1. The monoisotopic (exact) mass is 238 g/mol. The molecule has 2 nitrogen and oxygen atoms in total. The summed E-state index contributed by atoms with van der Waals surface area (Å²) in [6, 6.07) is 15.6. The average Bonchev–Trinajstić information content (AvgIpc) is 2.39. The maximum Gasteiger partial charge on any atom is 0.0705 e. The van der Waals surface area contributed by atoms with E-state index >= 15 is 0 Å². The van der Waals surface area contributed by atoms with Crippen LogP contribution in [0, 0.1) is 0 Å². The third-order valence-electron chi connectivity index (χ3n) is 3.58. The zero-order valence-corrected chi connectivity index (χ0v) is 10.9. The third kappa shape index (κ3) is 2.04. The highest BCUT2D eigenvalue weighted by molar-refractivity contribution is 5.59. The van der Waals surface area contributed by atoms with Crippen LogP contribution in [-0.4, -0.2) is 11.0 Å². The van der Waals surface area contributed by atoms with Crippen molar-refractivity contribution >= 4 is 0 Å². The summed E-state index contributed by atoms with van der Waals surface area (Å²) in [7, 11) is 0. The topological polar surface area (TPSA) is 24.9 Å². The van der Waals surface area contributed by atoms with E-state index in [1.54, 1.807) is 0 Å². The molecule has 0 aliphatic carbocycles. The van der Waals surface area contributed by atoms with Gasteiger partial charge >= 0.3 is 0 Å². The van der Waals surface area contributed by atoms with Crippen molar-refractivity contribution in [3.63, 3.8) is 0 Å². The number of benzene rings is 1. The second-order valence-electron chi connectivity index (χ2n) is 5.09. The molecule has 0 bridgehead atoms. The van der Waals surface area contributed by atoms with Crippen LogP contribution in [-0.2, 0) is 6.42 Å². The minimum absolute atomic E-state index is 0.404. The fourth-order valence-electron chi connectivity index (χ4n) is 2.71. The van der Waals surface area contributed by atoms with Gasteiger partial charge in [-0.15, -0.1) is 0 Å². The average molecular weight is 238 g/mol. The molecule has 1 aromatic heterocycles. The fraction of sp³-hybridized carbons (Fsp3) is 0.312. The Labute approximate surface area is 108 Å². The van der Waals surface area contributed by atoms with Gasteiger partial charge in [0.1, 0.15) is 0 Å². The van der Waals surface area contributed by atoms with Crippen molar-refractivity contribution in [3.05, 3.63) is 53.7 Å². The zero-order chi connectivity index (χ0) is 12.5. The second-order valence-corrected chi connectivity index (χ2v) is 5.09. The molecule has 2 heterocycles. The van der Waals surface area contributed by atoms with Gasteiger partial charge in [0, 0.05) is 29.8 Å². The van der Waals surface area contributed by atoms with Crippen molar-refractivity contribution in [2.45, 2.75) is 32.4 Å². The first-order chi connectivity index (χ1) is 8.74. The smallest absolute Gasteiger partial charge is 0.0705 e. The molecule has 2 unspecified atom stereocenters. The summed E-state index contributed by atoms with van der Waals surface area (Å²) in [4.78, 5) is 4.84. The van der Waals surface area contributed by atoms with Crippen molar-refractivity contribution in [2.75, 3.05) is 0 Å². The van der Waals surface area contributed by atoms with Crippen LogP contribution in [0.15, 0.2) is 42.5 Å².